The molecule has 3 N–H and O–H groups in total. The number of amides is 1. The lowest BCUT2D eigenvalue weighted by Crippen LogP contribution is -2.36. The average Bonchev–Trinajstić information content (AvgIpc) is 3.08. The van der Waals surface area contributed by atoms with Crippen molar-refractivity contribution in [3.63, 3.8) is 0 Å². The van der Waals surface area contributed by atoms with E-state index in [0.29, 0.717) is 18.0 Å². The number of halogens is 1. The van der Waals surface area contributed by atoms with Crippen LogP contribution in [0.25, 0.3) is 0 Å². The van der Waals surface area contributed by atoms with Gasteiger partial charge in [0, 0.05) is 25.4 Å². The monoisotopic (exact) mass is 474 g/mol. The summed E-state index contributed by atoms with van der Waals surface area (Å²) in [4.78, 5) is 16.7. The first-order valence-electron chi connectivity index (χ1n) is 7.53. The van der Waals surface area contributed by atoms with Gasteiger partial charge in [-0.25, -0.2) is 0 Å². The molecule has 0 unspecified atom stereocenters. The molecule has 0 spiro atoms. The lowest BCUT2D eigenvalue weighted by Gasteiger charge is -2.14. The predicted octanol–water partition coefficient (Wildman–Crippen LogP) is 3.20. The number of anilines is 1. The molecule has 1 heterocycles. The molecule has 0 saturated heterocycles. The van der Waals surface area contributed by atoms with Crippen LogP contribution in [-0.2, 0) is 17.9 Å². The molecule has 0 aliphatic carbocycles. The molecular weight excluding hydrogens is 451 g/mol. The van der Waals surface area contributed by atoms with Crippen LogP contribution in [0.3, 0.4) is 0 Å². The maximum Gasteiger partial charge on any atom is 0.221 e. The van der Waals surface area contributed by atoms with Gasteiger partial charge in [-0.05, 0) is 29.1 Å². The van der Waals surface area contributed by atoms with Crippen molar-refractivity contribution in [2.75, 3.05) is 19.5 Å². The molecule has 0 atom stereocenters. The topological polar surface area (TPSA) is 74.8 Å². The van der Waals surface area contributed by atoms with Gasteiger partial charge in [0.25, 0.3) is 0 Å². The van der Waals surface area contributed by atoms with Crippen LogP contribution in [0, 0.1) is 0 Å². The molecule has 0 fully saturated rings. The van der Waals surface area contributed by atoms with Crippen LogP contribution in [0.1, 0.15) is 17.4 Å². The fourth-order valence-electron chi connectivity index (χ4n) is 2.14. The standard InChI is InChI=1S/C17H22N4O2S.HI/c1-12(22)21-15-9-13(6-7-16(15)23-3)10-19-17(18-2)20-11-14-5-4-8-24-14;/h4-9H,10-11H2,1-3H3,(H,21,22)(H2,18,19,20);1H. The van der Waals surface area contributed by atoms with Crippen LogP contribution in [0.5, 0.6) is 5.75 Å². The zero-order chi connectivity index (χ0) is 17.4. The first kappa shape index (κ1) is 21.2. The summed E-state index contributed by atoms with van der Waals surface area (Å²) in [6.45, 7) is 2.79. The van der Waals surface area contributed by atoms with Gasteiger partial charge in [-0.15, -0.1) is 35.3 Å². The van der Waals surface area contributed by atoms with Crippen molar-refractivity contribution in [2.45, 2.75) is 20.0 Å². The van der Waals surface area contributed by atoms with Crippen molar-refractivity contribution in [3.8, 4) is 5.75 Å². The largest absolute Gasteiger partial charge is 0.495 e. The predicted molar refractivity (Wildman–Crippen MR) is 114 cm³/mol. The SMILES string of the molecule is CN=C(NCc1ccc(OC)c(NC(C)=O)c1)NCc1cccs1.I. The van der Waals surface area contributed by atoms with Crippen LogP contribution in [0.15, 0.2) is 40.7 Å². The minimum Gasteiger partial charge on any atom is -0.495 e. The van der Waals surface area contributed by atoms with E-state index in [4.69, 9.17) is 4.74 Å². The zero-order valence-electron chi connectivity index (χ0n) is 14.5. The summed E-state index contributed by atoms with van der Waals surface area (Å²) in [5.74, 6) is 1.22. The molecule has 25 heavy (non-hydrogen) atoms. The fraction of sp³-hybridized carbons (Fsp3) is 0.294. The molecule has 1 aromatic carbocycles. The maximum absolute atomic E-state index is 11.3. The lowest BCUT2D eigenvalue weighted by molar-refractivity contribution is -0.114. The zero-order valence-corrected chi connectivity index (χ0v) is 17.6. The fourth-order valence-corrected chi connectivity index (χ4v) is 2.79. The Kier molecular flexibility index (Phi) is 9.28. The van der Waals surface area contributed by atoms with Crippen molar-refractivity contribution in [1.29, 1.82) is 0 Å². The van der Waals surface area contributed by atoms with Gasteiger partial charge >= 0.3 is 0 Å². The van der Waals surface area contributed by atoms with E-state index in [0.717, 1.165) is 18.1 Å². The van der Waals surface area contributed by atoms with Crippen LogP contribution < -0.4 is 20.7 Å². The van der Waals surface area contributed by atoms with E-state index in [1.807, 2.05) is 29.6 Å². The molecule has 1 aromatic heterocycles. The second kappa shape index (κ2) is 10.9. The number of methoxy groups -OCH3 is 1. The number of hydrogen-bond donors (Lipinski definition) is 3. The molecule has 6 nitrogen and oxygen atoms in total. The summed E-state index contributed by atoms with van der Waals surface area (Å²) in [6, 6.07) is 9.78. The van der Waals surface area contributed by atoms with Crippen LogP contribution in [0.2, 0.25) is 0 Å². The summed E-state index contributed by atoms with van der Waals surface area (Å²) in [5, 5.41) is 11.3. The molecule has 0 aliphatic heterocycles. The Morgan fingerprint density at radius 2 is 2.00 bits per heavy atom. The van der Waals surface area contributed by atoms with E-state index < -0.39 is 0 Å². The summed E-state index contributed by atoms with van der Waals surface area (Å²) in [5.41, 5.74) is 1.67. The molecule has 8 heteroatoms. The average molecular weight is 474 g/mol. The third-order valence-electron chi connectivity index (χ3n) is 3.27. The molecule has 2 aromatic rings. The molecule has 2 rings (SSSR count). The number of nitrogens with one attached hydrogen (secondary N) is 3. The normalized spacial score (nSPS) is 10.6. The van der Waals surface area contributed by atoms with E-state index in [9.17, 15) is 4.79 Å². The van der Waals surface area contributed by atoms with E-state index in [1.54, 1.807) is 25.5 Å². The first-order valence-corrected chi connectivity index (χ1v) is 8.41. The number of rotatable bonds is 6. The number of benzene rings is 1. The van der Waals surface area contributed by atoms with Crippen molar-refractivity contribution in [2.24, 2.45) is 4.99 Å². The number of thiophene rings is 1. The second-order valence-electron chi connectivity index (χ2n) is 5.07. The first-order chi connectivity index (χ1) is 11.6. The van der Waals surface area contributed by atoms with E-state index in [1.165, 1.54) is 11.8 Å². The van der Waals surface area contributed by atoms with Gasteiger partial charge in [-0.3, -0.25) is 9.79 Å². The van der Waals surface area contributed by atoms with E-state index >= 15 is 0 Å². The Hall–Kier alpha value is -1.81. The quantitative estimate of drug-likeness (QED) is 0.342. The van der Waals surface area contributed by atoms with Gasteiger partial charge in [-0.2, -0.15) is 0 Å². The van der Waals surface area contributed by atoms with Crippen molar-refractivity contribution >= 4 is 52.9 Å². The number of carbonyl (C=O) groups excluding carboxylic acids is 1. The number of carbonyl (C=O) groups is 1. The van der Waals surface area contributed by atoms with E-state index in [-0.39, 0.29) is 29.9 Å². The summed E-state index contributed by atoms with van der Waals surface area (Å²) in [7, 11) is 3.31. The number of ether oxygens (including phenoxy) is 1. The molecule has 0 aliphatic rings. The third kappa shape index (κ3) is 6.91. The van der Waals surface area contributed by atoms with Gasteiger partial charge in [0.15, 0.2) is 5.96 Å². The lowest BCUT2D eigenvalue weighted by atomic mass is 10.2. The molecule has 0 bridgehead atoms. The highest BCUT2D eigenvalue weighted by Crippen LogP contribution is 2.25. The maximum atomic E-state index is 11.3. The van der Waals surface area contributed by atoms with E-state index in [2.05, 4.69) is 27.0 Å². The highest BCUT2D eigenvalue weighted by atomic mass is 127. The van der Waals surface area contributed by atoms with Crippen molar-refractivity contribution < 1.29 is 9.53 Å². The third-order valence-corrected chi connectivity index (χ3v) is 4.14. The molecule has 1 amide bonds. The molecule has 0 saturated carbocycles. The highest BCUT2D eigenvalue weighted by Gasteiger charge is 2.07. The Morgan fingerprint density at radius 1 is 1.24 bits per heavy atom. The number of guanidine groups is 1. The van der Waals surface area contributed by atoms with Crippen LogP contribution in [-0.4, -0.2) is 26.0 Å². The second-order valence-corrected chi connectivity index (χ2v) is 6.11. The van der Waals surface area contributed by atoms with Gasteiger partial charge < -0.3 is 20.7 Å². The van der Waals surface area contributed by atoms with Crippen LogP contribution >= 0.6 is 35.3 Å². The number of nitrogens with zero attached hydrogens (tertiary/aromatic N) is 1. The van der Waals surface area contributed by atoms with Crippen LogP contribution in [0.4, 0.5) is 5.69 Å². The Balaban J connectivity index is 0.00000312. The minimum atomic E-state index is -0.133. The highest BCUT2D eigenvalue weighted by molar-refractivity contribution is 14.0. The minimum absolute atomic E-state index is 0. The Bertz CT molecular complexity index is 705. The van der Waals surface area contributed by atoms with Gasteiger partial charge in [-0.1, -0.05) is 12.1 Å². The number of aliphatic imine (C=N–C) groups is 1. The number of hydrogen-bond acceptors (Lipinski definition) is 4. The van der Waals surface area contributed by atoms with Gasteiger partial charge in [0.05, 0.1) is 19.3 Å². The smallest absolute Gasteiger partial charge is 0.221 e. The van der Waals surface area contributed by atoms with Gasteiger partial charge in [0.1, 0.15) is 5.75 Å². The van der Waals surface area contributed by atoms with Crippen molar-refractivity contribution in [1.82, 2.24) is 10.6 Å². The van der Waals surface area contributed by atoms with Gasteiger partial charge in [0.2, 0.25) is 5.91 Å². The molecule has 0 radical (unpaired) electrons. The molecule has 136 valence electrons. The van der Waals surface area contributed by atoms with Crippen molar-refractivity contribution in [3.05, 3.63) is 46.2 Å². The summed E-state index contributed by atoms with van der Waals surface area (Å²) >= 11 is 1.70. The summed E-state index contributed by atoms with van der Waals surface area (Å²) < 4.78 is 5.26. The Labute approximate surface area is 169 Å². The summed E-state index contributed by atoms with van der Waals surface area (Å²) in [6.07, 6.45) is 0. The molecular formula is C17H23IN4O2S. The Morgan fingerprint density at radius 3 is 2.60 bits per heavy atom.